The number of benzene rings is 1. The fourth-order valence-electron chi connectivity index (χ4n) is 4.89. The lowest BCUT2D eigenvalue weighted by Gasteiger charge is -2.17. The normalized spacial score (nSPS) is 12.2. The van der Waals surface area contributed by atoms with Gasteiger partial charge in [-0.1, -0.05) is 53.7 Å². The van der Waals surface area contributed by atoms with Gasteiger partial charge >= 0.3 is 0 Å². The zero-order valence-electron chi connectivity index (χ0n) is 26.5. The van der Waals surface area contributed by atoms with Gasteiger partial charge in [-0.25, -0.2) is 19.0 Å². The second kappa shape index (κ2) is 12.9. The minimum Gasteiger partial charge on any atom is -0.360 e. The number of nitrogens with zero attached hydrogens (tertiary/aromatic N) is 6. The van der Waals surface area contributed by atoms with Gasteiger partial charge < -0.3 is 15.0 Å². The Hall–Kier alpha value is -5.03. The number of hydrogen-bond acceptors (Lipinski definition) is 7. The standard InChI is InChI=1S/C32H31FN8O2.C2H6/c1-6-26(43-5)41-30-23(12-20(14-36-30)19-11-22(15-34-13-19)37-31(42)32(2,3)4)28(40-41)29-38-25-17-35-16-24(27(25)39-29)18-8-7-9-21(33)10-18;1-2/h7-17,26H,6H2,1-5H3,(H,37,42)(H,38,39);1-2H3. The molecule has 0 bridgehead atoms. The summed E-state index contributed by atoms with van der Waals surface area (Å²) in [6, 6.07) is 10.2. The molecule has 0 fully saturated rings. The summed E-state index contributed by atoms with van der Waals surface area (Å²) in [6.45, 7) is 11.6. The van der Waals surface area contributed by atoms with Crippen molar-refractivity contribution in [3.05, 3.63) is 73.2 Å². The summed E-state index contributed by atoms with van der Waals surface area (Å²) in [5, 5.41) is 8.60. The number of ether oxygens (including phenoxy) is 1. The van der Waals surface area contributed by atoms with Crippen molar-refractivity contribution in [2.24, 2.45) is 5.41 Å². The van der Waals surface area contributed by atoms with Crippen molar-refractivity contribution in [2.75, 3.05) is 12.4 Å². The average molecular weight is 609 g/mol. The smallest absolute Gasteiger partial charge is 0.229 e. The van der Waals surface area contributed by atoms with Gasteiger partial charge in [0.05, 0.1) is 34.5 Å². The first-order chi connectivity index (χ1) is 21.7. The van der Waals surface area contributed by atoms with E-state index in [4.69, 9.17) is 19.8 Å². The molecule has 6 rings (SSSR count). The van der Waals surface area contributed by atoms with Crippen LogP contribution < -0.4 is 5.32 Å². The molecule has 1 amide bonds. The van der Waals surface area contributed by atoms with E-state index in [1.165, 1.54) is 12.1 Å². The lowest BCUT2D eigenvalue weighted by atomic mass is 9.95. The molecule has 0 aliphatic carbocycles. The van der Waals surface area contributed by atoms with Crippen LogP contribution in [-0.2, 0) is 9.53 Å². The maximum atomic E-state index is 14.1. The van der Waals surface area contributed by atoms with Crippen LogP contribution in [0.2, 0.25) is 0 Å². The fraction of sp³-hybridized carbons (Fsp3) is 0.294. The first kappa shape index (κ1) is 31.4. The van der Waals surface area contributed by atoms with Crippen molar-refractivity contribution >= 4 is 33.7 Å². The van der Waals surface area contributed by atoms with Crippen LogP contribution in [-0.4, -0.2) is 47.7 Å². The highest BCUT2D eigenvalue weighted by atomic mass is 19.1. The van der Waals surface area contributed by atoms with Gasteiger partial charge in [-0.05, 0) is 36.2 Å². The molecule has 6 aromatic rings. The van der Waals surface area contributed by atoms with Gasteiger partial charge in [0.25, 0.3) is 0 Å². The largest absolute Gasteiger partial charge is 0.360 e. The molecule has 5 aromatic heterocycles. The Morgan fingerprint density at radius 3 is 2.49 bits per heavy atom. The Labute approximate surface area is 261 Å². The molecule has 10 nitrogen and oxygen atoms in total. The average Bonchev–Trinajstić information content (AvgIpc) is 3.64. The summed E-state index contributed by atoms with van der Waals surface area (Å²) in [7, 11) is 1.64. The Morgan fingerprint density at radius 1 is 1.02 bits per heavy atom. The number of amides is 1. The lowest BCUT2D eigenvalue weighted by molar-refractivity contribution is -0.123. The molecule has 1 aromatic carbocycles. The summed E-state index contributed by atoms with van der Waals surface area (Å²) in [4.78, 5) is 34.3. The van der Waals surface area contributed by atoms with E-state index in [2.05, 4.69) is 20.3 Å². The summed E-state index contributed by atoms with van der Waals surface area (Å²) >= 11 is 0. The van der Waals surface area contributed by atoms with E-state index in [-0.39, 0.29) is 18.0 Å². The highest BCUT2D eigenvalue weighted by molar-refractivity contribution is 5.98. The topological polar surface area (TPSA) is 124 Å². The summed E-state index contributed by atoms with van der Waals surface area (Å²) in [5.41, 5.74) is 5.52. The minimum atomic E-state index is -0.548. The fourth-order valence-corrected chi connectivity index (χ4v) is 4.89. The zero-order chi connectivity index (χ0) is 32.3. The van der Waals surface area contributed by atoms with Crippen LogP contribution in [0.15, 0.2) is 67.4 Å². The second-order valence-corrected chi connectivity index (χ2v) is 11.3. The van der Waals surface area contributed by atoms with Gasteiger partial charge in [-0.15, -0.1) is 0 Å². The number of aromatic nitrogens is 7. The third-order valence-electron chi connectivity index (χ3n) is 7.21. The van der Waals surface area contributed by atoms with Crippen molar-refractivity contribution in [2.45, 2.75) is 54.2 Å². The van der Waals surface area contributed by atoms with Gasteiger partial charge in [0.1, 0.15) is 11.5 Å². The van der Waals surface area contributed by atoms with Crippen LogP contribution in [0.5, 0.6) is 0 Å². The SMILES string of the molecule is CC.CCC(OC)n1nc(-c2nc3c(-c4cccc(F)c4)cncc3[nH]2)c2cc(-c3cncc(NC(=O)C(C)(C)C)c3)cnc21. The zero-order valence-corrected chi connectivity index (χ0v) is 26.5. The number of imidazole rings is 1. The van der Waals surface area contributed by atoms with Crippen molar-refractivity contribution in [1.82, 2.24) is 34.7 Å². The van der Waals surface area contributed by atoms with Gasteiger partial charge in [-0.3, -0.25) is 14.8 Å². The van der Waals surface area contributed by atoms with E-state index in [1.54, 1.807) is 48.8 Å². The molecule has 11 heteroatoms. The first-order valence-electron chi connectivity index (χ1n) is 14.9. The predicted molar refractivity (Wildman–Crippen MR) is 175 cm³/mol. The van der Waals surface area contributed by atoms with Crippen LogP contribution in [0.1, 0.15) is 54.2 Å². The molecule has 232 valence electrons. The van der Waals surface area contributed by atoms with Crippen LogP contribution in [0.3, 0.4) is 0 Å². The van der Waals surface area contributed by atoms with Gasteiger partial charge in [0.2, 0.25) is 5.91 Å². The first-order valence-corrected chi connectivity index (χ1v) is 14.9. The highest BCUT2D eigenvalue weighted by Gasteiger charge is 2.24. The van der Waals surface area contributed by atoms with Gasteiger partial charge in [0.15, 0.2) is 17.7 Å². The van der Waals surface area contributed by atoms with E-state index < -0.39 is 5.41 Å². The number of rotatable bonds is 7. The quantitative estimate of drug-likeness (QED) is 0.189. The number of carbonyl (C=O) groups excluding carboxylic acids is 1. The molecule has 0 aliphatic heterocycles. The predicted octanol–water partition coefficient (Wildman–Crippen LogP) is 7.80. The van der Waals surface area contributed by atoms with Gasteiger partial charge in [-0.2, -0.15) is 5.10 Å². The van der Waals surface area contributed by atoms with E-state index in [0.29, 0.717) is 51.4 Å². The van der Waals surface area contributed by atoms with Crippen LogP contribution >= 0.6 is 0 Å². The molecule has 5 heterocycles. The molecule has 1 atom stereocenters. The highest BCUT2D eigenvalue weighted by Crippen LogP contribution is 2.35. The molecule has 0 radical (unpaired) electrons. The number of anilines is 1. The lowest BCUT2D eigenvalue weighted by Crippen LogP contribution is -2.27. The van der Waals surface area contributed by atoms with Crippen molar-refractivity contribution in [3.63, 3.8) is 0 Å². The second-order valence-electron chi connectivity index (χ2n) is 11.3. The molecule has 1 unspecified atom stereocenters. The molecule has 0 saturated carbocycles. The molecule has 45 heavy (non-hydrogen) atoms. The summed E-state index contributed by atoms with van der Waals surface area (Å²) in [6.07, 6.45) is 8.78. The minimum absolute atomic E-state index is 0.106. The molecule has 0 aliphatic rings. The molecule has 0 spiro atoms. The third-order valence-corrected chi connectivity index (χ3v) is 7.21. The molecular formula is C34H37FN8O2. The van der Waals surface area contributed by atoms with E-state index >= 15 is 0 Å². The maximum absolute atomic E-state index is 14.1. The molecule has 2 N–H and O–H groups in total. The third kappa shape index (κ3) is 6.30. The monoisotopic (exact) mass is 608 g/mol. The number of nitrogens with one attached hydrogen (secondary N) is 2. The van der Waals surface area contributed by atoms with E-state index in [1.807, 2.05) is 59.7 Å². The number of H-pyrrole nitrogens is 1. The number of pyridine rings is 3. The number of aromatic amines is 1. The molecular weight excluding hydrogens is 571 g/mol. The van der Waals surface area contributed by atoms with Gasteiger partial charge in [0, 0.05) is 47.8 Å². The van der Waals surface area contributed by atoms with Crippen molar-refractivity contribution in [3.8, 4) is 33.8 Å². The number of hydrogen-bond donors (Lipinski definition) is 2. The van der Waals surface area contributed by atoms with Crippen LogP contribution in [0, 0.1) is 11.2 Å². The Morgan fingerprint density at radius 2 is 1.78 bits per heavy atom. The van der Waals surface area contributed by atoms with Crippen molar-refractivity contribution in [1.29, 1.82) is 0 Å². The van der Waals surface area contributed by atoms with Crippen LogP contribution in [0.25, 0.3) is 55.8 Å². The van der Waals surface area contributed by atoms with E-state index in [9.17, 15) is 9.18 Å². The number of methoxy groups -OCH3 is 1. The Balaban J connectivity index is 0.00000196. The summed E-state index contributed by atoms with van der Waals surface area (Å²) in [5.74, 6) is 0.0691. The van der Waals surface area contributed by atoms with E-state index in [0.717, 1.165) is 16.5 Å². The Kier molecular flexibility index (Phi) is 9.01. The number of fused-ring (bicyclic) bond motifs is 2. The molecule has 0 saturated heterocycles. The van der Waals surface area contributed by atoms with Crippen molar-refractivity contribution < 1.29 is 13.9 Å². The number of halogens is 1. The summed E-state index contributed by atoms with van der Waals surface area (Å²) < 4.78 is 21.5. The maximum Gasteiger partial charge on any atom is 0.229 e. The van der Waals surface area contributed by atoms with Crippen LogP contribution in [0.4, 0.5) is 10.1 Å². The number of carbonyl (C=O) groups is 1. The Bertz CT molecular complexity index is 1970.